The smallest absolute Gasteiger partial charge is 0.328 e. The van der Waals surface area contributed by atoms with Crippen LogP contribution < -0.4 is 10.2 Å². The first kappa shape index (κ1) is 30.5. The van der Waals surface area contributed by atoms with Crippen LogP contribution in [0.4, 0.5) is 20.6 Å². The van der Waals surface area contributed by atoms with Crippen molar-refractivity contribution in [2.45, 2.75) is 70.0 Å². The van der Waals surface area contributed by atoms with E-state index in [9.17, 15) is 14.1 Å². The number of aryl methyl sites for hydroxylation is 1. The maximum Gasteiger partial charge on any atom is 0.328 e. The van der Waals surface area contributed by atoms with Crippen molar-refractivity contribution in [3.05, 3.63) is 88.6 Å². The Bertz CT molecular complexity index is 1480. The third-order valence-corrected chi connectivity index (χ3v) is 8.90. The lowest BCUT2D eigenvalue weighted by Crippen LogP contribution is -2.57. The molecule has 2 amide bonds. The van der Waals surface area contributed by atoms with Gasteiger partial charge in [-0.2, -0.15) is 0 Å². The summed E-state index contributed by atoms with van der Waals surface area (Å²) < 4.78 is 14.3. The molecule has 0 bridgehead atoms. The van der Waals surface area contributed by atoms with Crippen molar-refractivity contribution in [3.63, 3.8) is 0 Å². The molecule has 0 radical (unpaired) electrons. The number of amidine groups is 1. The minimum absolute atomic E-state index is 0.223. The van der Waals surface area contributed by atoms with E-state index < -0.39 is 5.54 Å². The second-order valence-electron chi connectivity index (χ2n) is 11.6. The molecule has 8 nitrogen and oxygen atoms in total. The molecule has 1 saturated carbocycles. The minimum Gasteiger partial charge on any atom is -0.448 e. The van der Waals surface area contributed by atoms with Gasteiger partial charge >= 0.3 is 6.03 Å². The molecule has 2 heterocycles. The molecule has 1 spiro atoms. The summed E-state index contributed by atoms with van der Waals surface area (Å²) in [4.78, 5) is 33.8. The topological polar surface area (TPSA) is 100 Å². The highest BCUT2D eigenvalue weighted by atomic mass is 19.1. The fraction of sp³-hybridized carbons (Fsp3) is 0.412. The summed E-state index contributed by atoms with van der Waals surface area (Å²) in [5.41, 5.74) is 4.72. The number of nitrogens with zero attached hydrogens (tertiary/aromatic N) is 4. The van der Waals surface area contributed by atoms with E-state index in [1.807, 2.05) is 25.1 Å². The highest BCUT2D eigenvalue weighted by Crippen LogP contribution is 2.39. The molecule has 2 saturated heterocycles. The van der Waals surface area contributed by atoms with Crippen molar-refractivity contribution in [2.24, 2.45) is 10.2 Å². The molecule has 226 valence electrons. The van der Waals surface area contributed by atoms with Crippen LogP contribution in [0, 0.1) is 17.6 Å². The summed E-state index contributed by atoms with van der Waals surface area (Å²) in [5, 5.41) is 12.0. The first-order chi connectivity index (χ1) is 20.9. The van der Waals surface area contributed by atoms with E-state index in [1.54, 1.807) is 17.0 Å². The number of carbonyl (C=O) groups excluding carboxylic acids is 1. The van der Waals surface area contributed by atoms with Crippen LogP contribution in [-0.2, 0) is 6.54 Å². The fourth-order valence-electron chi connectivity index (χ4n) is 6.71. The van der Waals surface area contributed by atoms with Crippen LogP contribution in [0.15, 0.2) is 76.9 Å². The monoisotopic (exact) mass is 586 g/mol. The van der Waals surface area contributed by atoms with E-state index in [4.69, 9.17) is 10.1 Å². The molecule has 3 fully saturated rings. The molecule has 3 aromatic rings. The van der Waals surface area contributed by atoms with Crippen molar-refractivity contribution in [3.8, 4) is 11.1 Å². The van der Waals surface area contributed by atoms with Gasteiger partial charge in [-0.3, -0.25) is 20.1 Å². The summed E-state index contributed by atoms with van der Waals surface area (Å²) in [5.74, 6) is 0.393. The summed E-state index contributed by atoms with van der Waals surface area (Å²) >= 11 is 0. The van der Waals surface area contributed by atoms with Crippen LogP contribution >= 0.6 is 0 Å². The van der Waals surface area contributed by atoms with Gasteiger partial charge in [0.25, 0.3) is 0 Å². The number of piperidine rings is 1. The van der Waals surface area contributed by atoms with E-state index in [2.05, 4.69) is 39.7 Å². The summed E-state index contributed by atoms with van der Waals surface area (Å²) in [6.45, 7) is 4.36. The maximum atomic E-state index is 14.3. The highest BCUT2D eigenvalue weighted by molar-refractivity contribution is 6.19. The van der Waals surface area contributed by atoms with Gasteiger partial charge in [-0.15, -0.1) is 4.91 Å². The fourth-order valence-corrected chi connectivity index (χ4v) is 6.71. The molecular weight excluding hydrogens is 545 g/mol. The van der Waals surface area contributed by atoms with Crippen molar-refractivity contribution < 1.29 is 14.3 Å². The van der Waals surface area contributed by atoms with Crippen molar-refractivity contribution in [1.29, 1.82) is 0 Å². The number of urea groups is 1. The average molecular weight is 587 g/mol. The number of aliphatic imine (C=N–C) groups is 1. The Morgan fingerprint density at radius 3 is 2.44 bits per heavy atom. The molecule has 43 heavy (non-hydrogen) atoms. The third kappa shape index (κ3) is 6.53. The van der Waals surface area contributed by atoms with Gasteiger partial charge in [0, 0.05) is 25.3 Å². The summed E-state index contributed by atoms with van der Waals surface area (Å²) in [7, 11) is 1.25. The predicted octanol–water partition coefficient (Wildman–Crippen LogP) is 6.84. The number of carbonyl (C=O) groups is 1. The molecule has 0 aromatic heterocycles. The zero-order valence-corrected chi connectivity index (χ0v) is 25.0. The standard InChI is InChI=1S/C33H36FN5O2.CH4O/c1-23-13-14-28(37-41)21-30(23)25-8-5-7-24(19-25)22-38-17-15-33(16-18-38)31(35-27-10-3-2-4-11-27)36-32(40)39(33)29-12-6-9-26(34)20-29;1-2/h5-9,12-14,19-21,27H,2-4,10-11,15-18,22H2,1H3,(H,35,36,40);2H,1H3/p+1. The Balaban J connectivity index is 0.00000180. The van der Waals surface area contributed by atoms with Crippen molar-refractivity contribution in [2.75, 3.05) is 25.1 Å². The van der Waals surface area contributed by atoms with E-state index in [0.717, 1.165) is 55.0 Å². The number of halogens is 1. The number of hydrogen-bond acceptors (Lipinski definition) is 5. The van der Waals surface area contributed by atoms with Gasteiger partial charge in [-0.1, -0.05) is 49.6 Å². The zero-order valence-electron chi connectivity index (χ0n) is 25.0. The molecule has 0 unspecified atom stereocenters. The first-order valence-corrected chi connectivity index (χ1v) is 15.2. The van der Waals surface area contributed by atoms with Crippen LogP contribution in [0.5, 0.6) is 0 Å². The van der Waals surface area contributed by atoms with Gasteiger partial charge in [-0.05, 0) is 96.4 Å². The van der Waals surface area contributed by atoms with Gasteiger partial charge in [-0.25, -0.2) is 9.18 Å². The van der Waals surface area contributed by atoms with E-state index in [0.29, 0.717) is 24.2 Å². The molecule has 3 N–H and O–H groups in total. The number of nitrogens with one attached hydrogen (secondary N) is 1. The second-order valence-corrected chi connectivity index (χ2v) is 11.6. The van der Waals surface area contributed by atoms with E-state index in [-0.39, 0.29) is 17.9 Å². The van der Waals surface area contributed by atoms with Crippen LogP contribution in [0.1, 0.15) is 56.1 Å². The van der Waals surface area contributed by atoms with E-state index >= 15 is 0 Å². The van der Waals surface area contributed by atoms with Crippen LogP contribution in [-0.4, -0.2) is 53.7 Å². The van der Waals surface area contributed by atoms with Crippen molar-refractivity contribution in [1.82, 2.24) is 10.2 Å². The van der Waals surface area contributed by atoms with Crippen molar-refractivity contribution >= 4 is 23.2 Å². The van der Waals surface area contributed by atoms with Crippen LogP contribution in [0.25, 0.3) is 11.1 Å². The van der Waals surface area contributed by atoms with Gasteiger partial charge in [0.05, 0.1) is 6.04 Å². The molecule has 2 aliphatic heterocycles. The van der Waals surface area contributed by atoms with Gasteiger partial charge in [0.15, 0.2) is 0 Å². The van der Waals surface area contributed by atoms with Crippen LogP contribution in [0.3, 0.4) is 0 Å². The zero-order chi connectivity index (χ0) is 30.4. The number of hydrogen-bond donors (Lipinski definition) is 1. The molecule has 6 rings (SSSR count). The Kier molecular flexibility index (Phi) is 9.62. The molecule has 3 aliphatic rings. The number of nitroso groups, excluding NO2 is 1. The number of rotatable bonds is 6. The minimum atomic E-state index is -0.611. The highest BCUT2D eigenvalue weighted by Gasteiger charge is 2.53. The Labute approximate surface area is 252 Å². The van der Waals surface area contributed by atoms with Gasteiger partial charge in [0.2, 0.25) is 0 Å². The lowest BCUT2D eigenvalue weighted by Gasteiger charge is -2.44. The SMILES string of the molecule is C[OH2+].Cc1ccc(N=O)cc1-c1cccc(CN2CCC3(CC2)C(=NC2CCCCC2)NC(=O)N3c2cccc(F)c2)c1. The average Bonchev–Trinajstić information content (AvgIpc) is 3.29. The summed E-state index contributed by atoms with van der Waals surface area (Å²) in [6, 6.07) is 20.2. The molecule has 1 aliphatic carbocycles. The Morgan fingerprint density at radius 2 is 1.72 bits per heavy atom. The lowest BCUT2D eigenvalue weighted by atomic mass is 9.84. The lowest BCUT2D eigenvalue weighted by molar-refractivity contribution is 0.184. The second kappa shape index (κ2) is 13.6. The quantitative estimate of drug-likeness (QED) is 0.253. The summed E-state index contributed by atoms with van der Waals surface area (Å²) in [6.07, 6.45) is 7.08. The van der Waals surface area contributed by atoms with Gasteiger partial charge in [0.1, 0.15) is 30.0 Å². The number of amides is 2. The molecule has 3 aromatic carbocycles. The third-order valence-electron chi connectivity index (χ3n) is 8.90. The van der Waals surface area contributed by atoms with Gasteiger partial charge < -0.3 is 5.11 Å². The maximum absolute atomic E-state index is 14.3. The largest absolute Gasteiger partial charge is 0.448 e. The predicted molar refractivity (Wildman–Crippen MR) is 171 cm³/mol. The molecular formula is C34H41FN5O3+. The first-order valence-electron chi connectivity index (χ1n) is 15.2. The van der Waals surface area contributed by atoms with E-state index in [1.165, 1.54) is 44.1 Å². The molecule has 9 heteroatoms. The number of benzene rings is 3. The van der Waals surface area contributed by atoms with Crippen LogP contribution in [0.2, 0.25) is 0 Å². The number of likely N-dealkylation sites (tertiary alicyclic amines) is 1. The Hall–Kier alpha value is -3.95. The molecule has 0 atom stereocenters. The normalized spacial score (nSPS) is 19.7. The number of anilines is 1. The Morgan fingerprint density at radius 1 is 0.977 bits per heavy atom.